The largest absolute Gasteiger partial charge is 0.496 e. The number of ether oxygens (including phenoxy) is 2. The zero-order valence-electron chi connectivity index (χ0n) is 33.9. The molecular weight excluding hydrogens is 542 g/mol. The van der Waals surface area contributed by atoms with Crippen LogP contribution >= 0.6 is 0 Å². The Kier molecular flexibility index (Phi) is 4.79. The van der Waals surface area contributed by atoms with Crippen molar-refractivity contribution in [3.8, 4) is 5.75 Å². The van der Waals surface area contributed by atoms with E-state index in [0.29, 0.717) is 22.0 Å². The summed E-state index contributed by atoms with van der Waals surface area (Å²) < 4.78 is 135. The van der Waals surface area contributed by atoms with Gasteiger partial charge in [0.05, 0.1) is 13.4 Å². The quantitative estimate of drug-likeness (QED) is 0.273. The third kappa shape index (κ3) is 6.22. The van der Waals surface area contributed by atoms with E-state index in [1.54, 1.807) is 23.9 Å². The molecule has 41 heavy (non-hydrogen) atoms. The Labute approximate surface area is 256 Å². The molecule has 0 spiro atoms. The van der Waals surface area contributed by atoms with Crippen LogP contribution in [-0.4, -0.2) is 38.2 Å². The number of amides is 2. The molecule has 3 aromatic carbocycles. The Bertz CT molecular complexity index is 2210. The maximum Gasteiger partial charge on any atom is 0.411 e. The van der Waals surface area contributed by atoms with Gasteiger partial charge in [-0.2, -0.15) is 0 Å². The number of nitrogens with one attached hydrogen (secondary N) is 2. The van der Waals surface area contributed by atoms with Gasteiger partial charge in [0, 0.05) is 56.9 Å². The van der Waals surface area contributed by atoms with Gasteiger partial charge in [-0.15, -0.1) is 0 Å². The van der Waals surface area contributed by atoms with Gasteiger partial charge < -0.3 is 14.0 Å². The number of hydrogen-bond donors (Lipinski definition) is 2. The van der Waals surface area contributed by atoms with Gasteiger partial charge in [-0.3, -0.25) is 10.1 Å². The van der Waals surface area contributed by atoms with Gasteiger partial charge >= 0.3 is 6.09 Å². The molecule has 0 bridgehead atoms. The van der Waals surface area contributed by atoms with E-state index in [2.05, 4.69) is 5.32 Å². The summed E-state index contributed by atoms with van der Waals surface area (Å²) in [6, 6.07) is 13.7. The number of hydrogen-bond acceptors (Lipinski definition) is 6. The number of fused-ring (bicyclic) bond motifs is 1. The molecule has 4 aromatic rings. The number of benzene rings is 3. The first-order valence-electron chi connectivity index (χ1n) is 18.1. The number of rotatable bonds is 8. The number of nitrogens with zero attached hydrogens (tertiary/aromatic N) is 1. The number of aromatic nitrogens is 1. The van der Waals surface area contributed by atoms with Crippen molar-refractivity contribution >= 4 is 38.6 Å². The summed E-state index contributed by atoms with van der Waals surface area (Å²) >= 11 is 0. The molecule has 1 saturated carbocycles. The Morgan fingerprint density at radius 2 is 1.88 bits per heavy atom. The highest BCUT2D eigenvalue weighted by molar-refractivity contribution is 7.90. The Morgan fingerprint density at radius 1 is 1.10 bits per heavy atom. The molecular formula is C31H33N3O6S. The highest BCUT2D eigenvalue weighted by Crippen LogP contribution is 2.30. The molecule has 0 saturated heterocycles. The molecule has 0 unspecified atom stereocenters. The average molecular weight is 588 g/mol. The molecule has 2 amide bonds. The van der Waals surface area contributed by atoms with E-state index in [9.17, 15) is 18.0 Å². The van der Waals surface area contributed by atoms with Gasteiger partial charge in [-0.1, -0.05) is 24.3 Å². The Morgan fingerprint density at radius 3 is 2.63 bits per heavy atom. The van der Waals surface area contributed by atoms with Crippen LogP contribution in [0.4, 0.5) is 10.5 Å². The summed E-state index contributed by atoms with van der Waals surface area (Å²) in [5, 5.41) is 2.86. The van der Waals surface area contributed by atoms with Gasteiger partial charge in [0.2, 0.25) is 0 Å². The van der Waals surface area contributed by atoms with Crippen LogP contribution in [0.25, 0.3) is 10.9 Å². The Balaban J connectivity index is 1.38. The lowest BCUT2D eigenvalue weighted by Gasteiger charge is -2.13. The van der Waals surface area contributed by atoms with Crippen molar-refractivity contribution in [2.24, 2.45) is 7.05 Å². The first kappa shape index (κ1) is 16.8. The van der Waals surface area contributed by atoms with Crippen molar-refractivity contribution in [1.82, 2.24) is 9.29 Å². The van der Waals surface area contributed by atoms with E-state index in [1.807, 2.05) is 4.72 Å². The first-order chi connectivity index (χ1) is 24.2. The minimum atomic E-state index is -4.59. The van der Waals surface area contributed by atoms with Crippen molar-refractivity contribution < 1.29 is 43.9 Å². The van der Waals surface area contributed by atoms with E-state index < -0.39 is 70.9 Å². The topological polar surface area (TPSA) is 116 Å². The number of methoxy groups -OCH3 is 1. The zero-order chi connectivity index (χ0) is 39.7. The zero-order valence-corrected chi connectivity index (χ0v) is 22.7. The summed E-state index contributed by atoms with van der Waals surface area (Å²) in [4.78, 5) is 25.4. The van der Waals surface area contributed by atoms with Crippen LogP contribution in [0.3, 0.4) is 0 Å². The number of anilines is 1. The maximum atomic E-state index is 13.1. The van der Waals surface area contributed by atoms with E-state index in [4.69, 9.17) is 25.9 Å². The van der Waals surface area contributed by atoms with Crippen LogP contribution < -0.4 is 14.8 Å². The van der Waals surface area contributed by atoms with Gasteiger partial charge in [0.1, 0.15) is 11.8 Å². The standard InChI is InChI=1S/C31H33N3O6S/c1-20-8-4-7-11-29(20)41(37,38)33-30(35)22-13-12-21(28(17-22)39-3)16-23-19-34(2)27-15-14-24(18-26(23)27)32-31(36)40-25-9-5-6-10-25/h4,7-8,11-15,17-19,25H,5-6,9-10,16H2,1-3H3,(H,32,36)(H,33,35)/i1D3,5D2,6D2,9D2,10D2,25D. The number of carbonyl (C=O) groups is 2. The second-order valence-electron chi connectivity index (χ2n) is 8.98. The summed E-state index contributed by atoms with van der Waals surface area (Å²) in [6.45, 7) is -2.76. The normalized spacial score (nSPS) is 24.0. The summed E-state index contributed by atoms with van der Waals surface area (Å²) in [5.41, 5.74) is 1.40. The Hall–Kier alpha value is -4.31. The number of sulfonamides is 1. The molecule has 0 radical (unpaired) electrons. The van der Waals surface area contributed by atoms with Crippen molar-refractivity contribution in [2.75, 3.05) is 12.4 Å². The van der Waals surface area contributed by atoms with E-state index in [0.717, 1.165) is 12.1 Å². The number of carbonyl (C=O) groups excluding carboxylic acids is 2. The molecule has 1 aliphatic rings. The third-order valence-electron chi connectivity index (χ3n) is 6.26. The fourth-order valence-electron chi connectivity index (χ4n) is 4.36. The second kappa shape index (κ2) is 11.7. The van der Waals surface area contributed by atoms with Gasteiger partial charge in [0.25, 0.3) is 15.9 Å². The SMILES string of the molecule is [2H]C([2H])([2H])c1ccccc1S(=O)(=O)NC(=O)c1ccc(Cc2cn(C)c3ccc(NC(=O)OC4([2H])C([2H])([2H])C([2H])([2H])C([2H])([2H])C4([2H])[2H])cc23)c(OC)c1. The van der Waals surface area contributed by atoms with Crippen LogP contribution in [0.5, 0.6) is 5.75 Å². The molecule has 1 heterocycles. The third-order valence-corrected chi connectivity index (χ3v) is 7.65. The fraction of sp³-hybridized carbons (Fsp3) is 0.290. The molecule has 0 aliphatic heterocycles. The summed E-state index contributed by atoms with van der Waals surface area (Å²) in [5.74, 6) is -0.836. The molecule has 10 heteroatoms. The number of aryl methyl sites for hydroxylation is 2. The summed E-state index contributed by atoms with van der Waals surface area (Å²) in [6.07, 6.45) is -17.5. The molecule has 5 rings (SSSR count). The van der Waals surface area contributed by atoms with Gasteiger partial charge in [-0.05, 0) is 85.4 Å². The van der Waals surface area contributed by atoms with Crippen molar-refractivity contribution in [1.29, 1.82) is 0 Å². The molecule has 2 N–H and O–H groups in total. The molecule has 1 aromatic heterocycles. The highest BCUT2D eigenvalue weighted by Gasteiger charge is 2.22. The molecule has 9 nitrogen and oxygen atoms in total. The van der Waals surface area contributed by atoms with Crippen LogP contribution in [0.15, 0.2) is 71.8 Å². The summed E-state index contributed by atoms with van der Waals surface area (Å²) in [7, 11) is -1.50. The molecule has 214 valence electrons. The lowest BCUT2D eigenvalue weighted by atomic mass is 10.0. The van der Waals surface area contributed by atoms with E-state index in [-0.39, 0.29) is 23.4 Å². The predicted molar refractivity (Wildman–Crippen MR) is 157 cm³/mol. The fourth-order valence-corrected chi connectivity index (χ4v) is 5.45. The van der Waals surface area contributed by atoms with Gasteiger partial charge in [0.15, 0.2) is 0 Å². The second-order valence-corrected chi connectivity index (χ2v) is 10.6. The lowest BCUT2D eigenvalue weighted by molar-refractivity contribution is 0.0980. The van der Waals surface area contributed by atoms with Crippen molar-refractivity contribution in [3.05, 3.63) is 89.1 Å². The monoisotopic (exact) mass is 587 g/mol. The maximum absolute atomic E-state index is 13.1. The van der Waals surface area contributed by atoms with Crippen LogP contribution in [0.2, 0.25) is 0 Å². The van der Waals surface area contributed by atoms with Crippen LogP contribution in [0.1, 0.15) is 69.0 Å². The molecule has 1 aliphatic carbocycles. The minimum absolute atomic E-state index is 0.0592. The van der Waals surface area contributed by atoms with Crippen molar-refractivity contribution in [3.63, 3.8) is 0 Å². The predicted octanol–water partition coefficient (Wildman–Crippen LogP) is 5.70. The van der Waals surface area contributed by atoms with Crippen LogP contribution in [-0.2, 0) is 28.2 Å². The van der Waals surface area contributed by atoms with Gasteiger partial charge in [-0.25, -0.2) is 17.9 Å². The lowest BCUT2D eigenvalue weighted by Crippen LogP contribution is -2.31. The average Bonchev–Trinajstić information content (AvgIpc) is 3.38. The van der Waals surface area contributed by atoms with Crippen molar-refractivity contribution in [2.45, 2.75) is 49.7 Å². The smallest absolute Gasteiger partial charge is 0.411 e. The highest BCUT2D eigenvalue weighted by atomic mass is 32.2. The molecule has 1 fully saturated rings. The van der Waals surface area contributed by atoms with Crippen LogP contribution in [0, 0.1) is 6.85 Å². The minimum Gasteiger partial charge on any atom is -0.496 e. The van der Waals surface area contributed by atoms with E-state index in [1.165, 1.54) is 49.6 Å². The first-order valence-corrected chi connectivity index (χ1v) is 13.6. The van der Waals surface area contributed by atoms with E-state index >= 15 is 0 Å². The molecule has 0 atom stereocenters.